The first-order chi connectivity index (χ1) is 8.25. The number of pyridine rings is 1. The average Bonchev–Trinajstić information content (AvgIpc) is 2.37. The molecule has 0 aliphatic rings. The van der Waals surface area contributed by atoms with E-state index >= 15 is 0 Å². The van der Waals surface area contributed by atoms with E-state index in [9.17, 15) is 0 Å². The van der Waals surface area contributed by atoms with Gasteiger partial charge in [0.15, 0.2) is 0 Å². The molecule has 0 spiro atoms. The summed E-state index contributed by atoms with van der Waals surface area (Å²) in [6, 6.07) is 11.4. The van der Waals surface area contributed by atoms with Crippen LogP contribution in [0.25, 0.3) is 0 Å². The fourth-order valence-electron chi connectivity index (χ4n) is 1.45. The number of benzene rings is 1. The quantitative estimate of drug-likeness (QED) is 0.943. The van der Waals surface area contributed by atoms with Crippen molar-refractivity contribution >= 4 is 15.9 Å². The van der Waals surface area contributed by atoms with Crippen LogP contribution in [0.1, 0.15) is 11.6 Å². The number of nitrogens with zero attached hydrogens (tertiary/aromatic N) is 1. The van der Waals surface area contributed by atoms with Gasteiger partial charge >= 0.3 is 0 Å². The van der Waals surface area contributed by atoms with Gasteiger partial charge in [-0.25, -0.2) is 0 Å². The molecule has 2 N–H and O–H groups in total. The van der Waals surface area contributed by atoms with Crippen molar-refractivity contribution in [1.29, 1.82) is 0 Å². The summed E-state index contributed by atoms with van der Waals surface area (Å²) in [7, 11) is 0. The van der Waals surface area contributed by atoms with Crippen LogP contribution < -0.4 is 10.5 Å². The lowest BCUT2D eigenvalue weighted by molar-refractivity contribution is 0.290. The molecule has 1 unspecified atom stereocenters. The van der Waals surface area contributed by atoms with Gasteiger partial charge in [0, 0.05) is 16.9 Å². The zero-order valence-corrected chi connectivity index (χ0v) is 10.8. The predicted molar refractivity (Wildman–Crippen MR) is 70.8 cm³/mol. The fourth-order valence-corrected chi connectivity index (χ4v) is 1.83. The summed E-state index contributed by atoms with van der Waals surface area (Å²) in [6.07, 6.45) is 3.46. The van der Waals surface area contributed by atoms with Crippen LogP contribution in [-0.2, 0) is 0 Å². The molecule has 0 saturated carbocycles. The third-order valence-corrected chi connectivity index (χ3v) is 2.85. The Hall–Kier alpha value is -1.39. The van der Waals surface area contributed by atoms with E-state index in [1.165, 1.54) is 0 Å². The Morgan fingerprint density at radius 1 is 1.24 bits per heavy atom. The summed E-state index contributed by atoms with van der Waals surface area (Å²) in [5, 5.41) is 0. The van der Waals surface area contributed by atoms with Crippen molar-refractivity contribution < 1.29 is 4.74 Å². The highest BCUT2D eigenvalue weighted by Crippen LogP contribution is 2.19. The topological polar surface area (TPSA) is 48.1 Å². The second-order valence-corrected chi connectivity index (χ2v) is 4.57. The number of hydrogen-bond acceptors (Lipinski definition) is 3. The van der Waals surface area contributed by atoms with Gasteiger partial charge in [0.25, 0.3) is 0 Å². The maximum atomic E-state index is 6.02. The van der Waals surface area contributed by atoms with E-state index in [2.05, 4.69) is 20.9 Å². The van der Waals surface area contributed by atoms with Crippen LogP contribution in [0, 0.1) is 0 Å². The van der Waals surface area contributed by atoms with Gasteiger partial charge < -0.3 is 10.5 Å². The molecule has 1 atom stereocenters. The zero-order chi connectivity index (χ0) is 12.1. The normalized spacial score (nSPS) is 12.1. The Labute approximate surface area is 109 Å². The molecule has 0 saturated heterocycles. The molecular formula is C13H13BrN2O. The Bertz CT molecular complexity index is 476. The van der Waals surface area contributed by atoms with Crippen LogP contribution in [-0.4, -0.2) is 11.6 Å². The first-order valence-corrected chi connectivity index (χ1v) is 6.09. The van der Waals surface area contributed by atoms with Gasteiger partial charge in [-0.05, 0) is 35.9 Å². The van der Waals surface area contributed by atoms with Gasteiger partial charge in [0.2, 0.25) is 0 Å². The smallest absolute Gasteiger partial charge is 0.120 e. The maximum Gasteiger partial charge on any atom is 0.120 e. The van der Waals surface area contributed by atoms with Crippen LogP contribution in [0.2, 0.25) is 0 Å². The van der Waals surface area contributed by atoms with Crippen LogP contribution >= 0.6 is 15.9 Å². The van der Waals surface area contributed by atoms with Crippen LogP contribution in [0.4, 0.5) is 0 Å². The first-order valence-electron chi connectivity index (χ1n) is 5.29. The molecule has 17 heavy (non-hydrogen) atoms. The standard InChI is InChI=1S/C13H13BrN2O/c14-11-2-1-3-12(8-11)17-9-13(15)10-4-6-16-7-5-10/h1-8,13H,9,15H2. The van der Waals surface area contributed by atoms with Crippen molar-refractivity contribution in [3.63, 3.8) is 0 Å². The molecule has 88 valence electrons. The third kappa shape index (κ3) is 3.54. The van der Waals surface area contributed by atoms with Gasteiger partial charge in [-0.3, -0.25) is 4.98 Å². The van der Waals surface area contributed by atoms with Crippen molar-refractivity contribution in [3.8, 4) is 5.75 Å². The molecule has 0 amide bonds. The largest absolute Gasteiger partial charge is 0.492 e. The van der Waals surface area contributed by atoms with E-state index in [0.29, 0.717) is 6.61 Å². The first kappa shape index (κ1) is 12.1. The minimum absolute atomic E-state index is 0.142. The average molecular weight is 293 g/mol. The number of hydrogen-bond donors (Lipinski definition) is 1. The molecule has 0 radical (unpaired) electrons. The van der Waals surface area contributed by atoms with Gasteiger partial charge in [-0.15, -0.1) is 0 Å². The molecule has 0 aliphatic carbocycles. The minimum atomic E-state index is -0.142. The summed E-state index contributed by atoms with van der Waals surface area (Å²) in [4.78, 5) is 3.96. The van der Waals surface area contributed by atoms with E-state index in [-0.39, 0.29) is 6.04 Å². The lowest BCUT2D eigenvalue weighted by Crippen LogP contribution is -2.18. The third-order valence-electron chi connectivity index (χ3n) is 2.36. The van der Waals surface area contributed by atoms with Gasteiger partial charge in [0.1, 0.15) is 12.4 Å². The summed E-state index contributed by atoms with van der Waals surface area (Å²) >= 11 is 3.39. The Morgan fingerprint density at radius 2 is 2.00 bits per heavy atom. The SMILES string of the molecule is NC(COc1cccc(Br)c1)c1ccncc1. The second-order valence-electron chi connectivity index (χ2n) is 3.66. The Kier molecular flexibility index (Phi) is 4.12. The molecular weight excluding hydrogens is 280 g/mol. The molecule has 1 aromatic heterocycles. The van der Waals surface area contributed by atoms with Crippen LogP contribution in [0.3, 0.4) is 0 Å². The van der Waals surface area contributed by atoms with E-state index in [0.717, 1.165) is 15.8 Å². The summed E-state index contributed by atoms with van der Waals surface area (Å²) in [5.41, 5.74) is 7.04. The lowest BCUT2D eigenvalue weighted by atomic mass is 10.1. The molecule has 3 nitrogen and oxygen atoms in total. The molecule has 0 fully saturated rings. The van der Waals surface area contributed by atoms with Crippen molar-refractivity contribution in [2.45, 2.75) is 6.04 Å². The van der Waals surface area contributed by atoms with Crippen molar-refractivity contribution in [3.05, 3.63) is 58.8 Å². The maximum absolute atomic E-state index is 6.02. The molecule has 2 rings (SSSR count). The minimum Gasteiger partial charge on any atom is -0.492 e. The molecule has 2 aromatic rings. The van der Waals surface area contributed by atoms with Crippen molar-refractivity contribution in [1.82, 2.24) is 4.98 Å². The van der Waals surface area contributed by atoms with E-state index in [1.807, 2.05) is 36.4 Å². The lowest BCUT2D eigenvalue weighted by Gasteiger charge is -2.13. The molecule has 1 aromatic carbocycles. The molecule has 0 aliphatic heterocycles. The molecule has 1 heterocycles. The number of halogens is 1. The fraction of sp³-hybridized carbons (Fsp3) is 0.154. The second kappa shape index (κ2) is 5.80. The van der Waals surface area contributed by atoms with Crippen molar-refractivity contribution in [2.75, 3.05) is 6.61 Å². The van der Waals surface area contributed by atoms with Crippen LogP contribution in [0.15, 0.2) is 53.3 Å². The molecule has 4 heteroatoms. The summed E-state index contributed by atoms with van der Waals surface area (Å²) < 4.78 is 6.62. The van der Waals surface area contributed by atoms with Crippen molar-refractivity contribution in [2.24, 2.45) is 5.73 Å². The Morgan fingerprint density at radius 3 is 2.71 bits per heavy atom. The van der Waals surface area contributed by atoms with Crippen LogP contribution in [0.5, 0.6) is 5.75 Å². The highest BCUT2D eigenvalue weighted by atomic mass is 79.9. The summed E-state index contributed by atoms with van der Waals surface area (Å²) in [5.74, 6) is 0.809. The zero-order valence-electron chi connectivity index (χ0n) is 9.21. The number of rotatable bonds is 4. The van der Waals surface area contributed by atoms with Gasteiger partial charge in [-0.1, -0.05) is 22.0 Å². The monoisotopic (exact) mass is 292 g/mol. The van der Waals surface area contributed by atoms with E-state index in [1.54, 1.807) is 12.4 Å². The molecule has 0 bridgehead atoms. The van der Waals surface area contributed by atoms with Gasteiger partial charge in [0.05, 0.1) is 6.04 Å². The van der Waals surface area contributed by atoms with E-state index < -0.39 is 0 Å². The van der Waals surface area contributed by atoms with E-state index in [4.69, 9.17) is 10.5 Å². The number of ether oxygens (including phenoxy) is 1. The highest BCUT2D eigenvalue weighted by molar-refractivity contribution is 9.10. The number of aromatic nitrogens is 1. The number of nitrogens with two attached hydrogens (primary N) is 1. The predicted octanol–water partition coefficient (Wildman–Crippen LogP) is 2.92. The summed E-state index contributed by atoms with van der Waals surface area (Å²) in [6.45, 7) is 0.445. The van der Waals surface area contributed by atoms with Gasteiger partial charge in [-0.2, -0.15) is 0 Å². The Balaban J connectivity index is 1.95. The highest BCUT2D eigenvalue weighted by Gasteiger charge is 2.06.